The van der Waals surface area contributed by atoms with E-state index in [9.17, 15) is 19.9 Å². The first kappa shape index (κ1) is 23.4. The number of phenolic OH excluding ortho intramolecular Hbond substituents is 1. The van der Waals surface area contributed by atoms with E-state index in [1.807, 2.05) is 53.1 Å². The monoisotopic (exact) mass is 477 g/mol. The minimum Gasteiger partial charge on any atom is -0.508 e. The van der Waals surface area contributed by atoms with E-state index in [0.29, 0.717) is 24.1 Å². The van der Waals surface area contributed by atoms with Gasteiger partial charge in [-0.15, -0.1) is 0 Å². The van der Waals surface area contributed by atoms with E-state index in [1.54, 1.807) is 48.8 Å². The largest absolute Gasteiger partial charge is 0.508 e. The van der Waals surface area contributed by atoms with Gasteiger partial charge in [0.2, 0.25) is 0 Å². The number of carbonyl (C=O) groups is 1. The smallest absolute Gasteiger partial charge is 0.489 e. The Labute approximate surface area is 208 Å². The summed E-state index contributed by atoms with van der Waals surface area (Å²) in [7, 11) is -1.53. The van der Waals surface area contributed by atoms with Crippen LogP contribution in [0.25, 0.3) is 22.2 Å². The molecule has 0 aliphatic carbocycles. The number of rotatable bonds is 7. The first-order chi connectivity index (χ1) is 17.5. The van der Waals surface area contributed by atoms with E-state index >= 15 is 0 Å². The van der Waals surface area contributed by atoms with Gasteiger partial charge in [0.25, 0.3) is 5.91 Å². The molecular weight excluding hydrogens is 453 g/mol. The van der Waals surface area contributed by atoms with Crippen molar-refractivity contribution in [1.82, 2.24) is 14.9 Å². The highest BCUT2D eigenvalue weighted by Gasteiger charge is 2.16. The summed E-state index contributed by atoms with van der Waals surface area (Å²) in [6, 6.07) is 27.4. The zero-order chi connectivity index (χ0) is 25.1. The second-order valence-electron chi connectivity index (χ2n) is 8.59. The molecule has 1 amide bonds. The molecule has 1 aromatic heterocycles. The second kappa shape index (κ2) is 10.1. The van der Waals surface area contributed by atoms with Gasteiger partial charge in [-0.05, 0) is 58.0 Å². The number of aromatic nitrogens is 2. The van der Waals surface area contributed by atoms with Crippen LogP contribution in [0.1, 0.15) is 21.5 Å². The SMILES string of the molecule is O=C(NCc1cccc(O)c1)c1ccc2c(c1)ncn2Cc1ccc(-c2ccccc2B(O)O)cc1. The highest BCUT2D eigenvalue weighted by atomic mass is 16.4. The molecule has 0 atom stereocenters. The molecule has 4 aromatic carbocycles. The van der Waals surface area contributed by atoms with E-state index in [-0.39, 0.29) is 11.7 Å². The van der Waals surface area contributed by atoms with Crippen LogP contribution in [0, 0.1) is 0 Å². The summed E-state index contributed by atoms with van der Waals surface area (Å²) in [4.78, 5) is 17.1. The molecule has 0 saturated heterocycles. The van der Waals surface area contributed by atoms with E-state index < -0.39 is 7.12 Å². The van der Waals surface area contributed by atoms with Crippen molar-refractivity contribution in [1.29, 1.82) is 0 Å². The molecule has 1 heterocycles. The summed E-state index contributed by atoms with van der Waals surface area (Å²) in [5.74, 6) is -0.0456. The molecule has 0 aliphatic heterocycles. The zero-order valence-electron chi connectivity index (χ0n) is 19.4. The van der Waals surface area contributed by atoms with Crippen molar-refractivity contribution in [2.24, 2.45) is 0 Å². The van der Waals surface area contributed by atoms with Crippen LogP contribution < -0.4 is 10.8 Å². The Morgan fingerprint density at radius 3 is 2.47 bits per heavy atom. The van der Waals surface area contributed by atoms with Gasteiger partial charge in [0, 0.05) is 18.7 Å². The van der Waals surface area contributed by atoms with Gasteiger partial charge < -0.3 is 25.0 Å². The van der Waals surface area contributed by atoms with Crippen LogP contribution >= 0.6 is 0 Å². The number of fused-ring (bicyclic) bond motifs is 1. The van der Waals surface area contributed by atoms with Crippen molar-refractivity contribution in [3.8, 4) is 16.9 Å². The van der Waals surface area contributed by atoms with Gasteiger partial charge in [0.15, 0.2) is 0 Å². The van der Waals surface area contributed by atoms with Gasteiger partial charge in [0.05, 0.1) is 17.4 Å². The van der Waals surface area contributed by atoms with E-state index in [1.165, 1.54) is 0 Å². The summed E-state index contributed by atoms with van der Waals surface area (Å²) in [5, 5.41) is 31.7. The Morgan fingerprint density at radius 1 is 0.889 bits per heavy atom. The number of nitrogens with zero attached hydrogens (tertiary/aromatic N) is 2. The molecule has 0 fully saturated rings. The molecule has 0 bridgehead atoms. The van der Waals surface area contributed by atoms with Gasteiger partial charge >= 0.3 is 7.12 Å². The summed E-state index contributed by atoms with van der Waals surface area (Å²) >= 11 is 0. The molecule has 5 aromatic rings. The van der Waals surface area contributed by atoms with Crippen LogP contribution in [0.3, 0.4) is 0 Å². The van der Waals surface area contributed by atoms with Crippen molar-refractivity contribution in [2.75, 3.05) is 0 Å². The predicted molar refractivity (Wildman–Crippen MR) is 140 cm³/mol. The van der Waals surface area contributed by atoms with Gasteiger partial charge in [-0.2, -0.15) is 0 Å². The number of hydrogen-bond donors (Lipinski definition) is 4. The maximum absolute atomic E-state index is 12.6. The van der Waals surface area contributed by atoms with Gasteiger partial charge in [0.1, 0.15) is 5.75 Å². The topological polar surface area (TPSA) is 108 Å². The highest BCUT2D eigenvalue weighted by Crippen LogP contribution is 2.21. The molecular formula is C28H24BN3O4. The van der Waals surface area contributed by atoms with Crippen LogP contribution in [0.4, 0.5) is 0 Å². The third-order valence-corrected chi connectivity index (χ3v) is 6.10. The fraction of sp³-hybridized carbons (Fsp3) is 0.0714. The third kappa shape index (κ3) is 5.00. The molecule has 0 saturated carbocycles. The molecule has 7 nitrogen and oxygen atoms in total. The van der Waals surface area contributed by atoms with Crippen molar-refractivity contribution >= 4 is 29.5 Å². The summed E-state index contributed by atoms with van der Waals surface area (Å²) in [6.45, 7) is 0.918. The van der Waals surface area contributed by atoms with Crippen molar-refractivity contribution in [3.05, 3.63) is 114 Å². The van der Waals surface area contributed by atoms with Crippen LogP contribution in [-0.2, 0) is 13.1 Å². The van der Waals surface area contributed by atoms with E-state index in [2.05, 4.69) is 10.3 Å². The van der Waals surface area contributed by atoms with Crippen molar-refractivity contribution in [2.45, 2.75) is 13.1 Å². The van der Waals surface area contributed by atoms with Crippen molar-refractivity contribution < 1.29 is 19.9 Å². The van der Waals surface area contributed by atoms with Crippen LogP contribution in [0.5, 0.6) is 5.75 Å². The zero-order valence-corrected chi connectivity index (χ0v) is 19.4. The van der Waals surface area contributed by atoms with Crippen LogP contribution in [-0.4, -0.2) is 37.7 Å². The van der Waals surface area contributed by atoms with Gasteiger partial charge in [-0.3, -0.25) is 4.79 Å². The van der Waals surface area contributed by atoms with E-state index in [0.717, 1.165) is 33.3 Å². The summed E-state index contributed by atoms with van der Waals surface area (Å²) in [6.07, 6.45) is 1.75. The lowest BCUT2D eigenvalue weighted by atomic mass is 9.75. The second-order valence-corrected chi connectivity index (χ2v) is 8.59. The first-order valence-corrected chi connectivity index (χ1v) is 11.5. The third-order valence-electron chi connectivity index (χ3n) is 6.10. The minimum absolute atomic E-state index is 0.164. The molecule has 36 heavy (non-hydrogen) atoms. The molecule has 8 heteroatoms. The maximum Gasteiger partial charge on any atom is 0.489 e. The number of aromatic hydroxyl groups is 1. The fourth-order valence-corrected chi connectivity index (χ4v) is 4.25. The number of phenols is 1. The van der Waals surface area contributed by atoms with E-state index in [4.69, 9.17) is 0 Å². The molecule has 0 spiro atoms. The van der Waals surface area contributed by atoms with Crippen LogP contribution in [0.15, 0.2) is 97.3 Å². The Morgan fingerprint density at radius 2 is 1.69 bits per heavy atom. The Balaban J connectivity index is 1.29. The minimum atomic E-state index is -1.53. The normalized spacial score (nSPS) is 10.9. The lowest BCUT2D eigenvalue weighted by molar-refractivity contribution is 0.0951. The predicted octanol–water partition coefficient (Wildman–Crippen LogP) is 3.07. The Hall–Kier alpha value is -4.40. The standard InChI is InChI=1S/C28H24BN3O4/c33-23-5-3-4-20(14-23)16-30-28(34)22-12-13-27-26(15-22)31-18-32(27)17-19-8-10-21(11-9-19)24-6-1-2-7-25(24)29(35)36/h1-15,18,33,35-36H,16-17H2,(H,30,34). The molecule has 5 rings (SSSR count). The fourth-order valence-electron chi connectivity index (χ4n) is 4.25. The highest BCUT2D eigenvalue weighted by molar-refractivity contribution is 6.60. The average Bonchev–Trinajstić information content (AvgIpc) is 3.29. The number of carbonyl (C=O) groups excluding carboxylic acids is 1. The summed E-state index contributed by atoms with van der Waals surface area (Å²) < 4.78 is 2.02. The van der Waals surface area contributed by atoms with Gasteiger partial charge in [-0.1, -0.05) is 60.7 Å². The maximum atomic E-state index is 12.6. The molecule has 178 valence electrons. The molecule has 0 unspecified atom stereocenters. The average molecular weight is 477 g/mol. The number of imidazole rings is 1. The molecule has 4 N–H and O–H groups in total. The van der Waals surface area contributed by atoms with Gasteiger partial charge in [-0.25, -0.2) is 4.98 Å². The quantitative estimate of drug-likeness (QED) is 0.270. The molecule has 0 radical (unpaired) electrons. The van der Waals surface area contributed by atoms with Crippen molar-refractivity contribution in [3.63, 3.8) is 0 Å². The Kier molecular flexibility index (Phi) is 6.53. The number of hydrogen-bond acceptors (Lipinski definition) is 5. The molecule has 0 aliphatic rings. The lowest BCUT2D eigenvalue weighted by Crippen LogP contribution is -2.31. The number of nitrogens with one attached hydrogen (secondary N) is 1. The van der Waals surface area contributed by atoms with Crippen LogP contribution in [0.2, 0.25) is 0 Å². The number of amides is 1. The Bertz CT molecular complexity index is 1530. The number of benzene rings is 4. The first-order valence-electron chi connectivity index (χ1n) is 11.5. The lowest BCUT2D eigenvalue weighted by Gasteiger charge is -2.10. The summed E-state index contributed by atoms with van der Waals surface area (Å²) in [5.41, 5.74) is 6.18.